The van der Waals surface area contributed by atoms with Gasteiger partial charge in [-0.25, -0.2) is 13.7 Å². The molecule has 0 radical (unpaired) electrons. The van der Waals surface area contributed by atoms with Crippen molar-refractivity contribution in [1.82, 2.24) is 14.5 Å². The summed E-state index contributed by atoms with van der Waals surface area (Å²) in [6.07, 6.45) is -1.08. The van der Waals surface area contributed by atoms with Crippen molar-refractivity contribution in [3.63, 3.8) is 0 Å². The Balaban J connectivity index is 2.05. The van der Waals surface area contributed by atoms with Crippen LogP contribution in [0.15, 0.2) is 36.4 Å². The standard InChI is InChI=1S/C21H20ClF2N3O3/c1-21(2,3)30-20(29)26(4)18(28)11-15-16-9-13(22)10-17(24)27(16)25-19(15)12-5-7-14(23)8-6-12/h5-10H,11H2,1-4H3. The van der Waals surface area contributed by atoms with E-state index in [0.29, 0.717) is 11.1 Å². The number of pyridine rings is 1. The number of amides is 2. The fraction of sp³-hybridized carbons (Fsp3) is 0.286. The van der Waals surface area contributed by atoms with Crippen LogP contribution in [0.5, 0.6) is 0 Å². The molecule has 0 fully saturated rings. The van der Waals surface area contributed by atoms with E-state index in [-0.39, 0.29) is 22.7 Å². The van der Waals surface area contributed by atoms with Crippen LogP contribution < -0.4 is 0 Å². The lowest BCUT2D eigenvalue weighted by atomic mass is 10.0. The topological polar surface area (TPSA) is 63.9 Å². The summed E-state index contributed by atoms with van der Waals surface area (Å²) < 4.78 is 34.0. The van der Waals surface area contributed by atoms with Crippen LogP contribution >= 0.6 is 11.6 Å². The van der Waals surface area contributed by atoms with Crippen LogP contribution in [0.1, 0.15) is 26.3 Å². The van der Waals surface area contributed by atoms with E-state index in [2.05, 4.69) is 5.10 Å². The van der Waals surface area contributed by atoms with Crippen molar-refractivity contribution >= 4 is 29.1 Å². The molecule has 0 aliphatic carbocycles. The molecule has 0 aliphatic heterocycles. The number of imide groups is 1. The van der Waals surface area contributed by atoms with Gasteiger partial charge in [0.05, 0.1) is 17.6 Å². The number of carbonyl (C=O) groups excluding carboxylic acids is 2. The summed E-state index contributed by atoms with van der Waals surface area (Å²) in [4.78, 5) is 25.9. The van der Waals surface area contributed by atoms with Crippen LogP contribution in [-0.2, 0) is 16.0 Å². The van der Waals surface area contributed by atoms with Gasteiger partial charge in [-0.1, -0.05) is 11.6 Å². The normalized spacial score (nSPS) is 11.6. The highest BCUT2D eigenvalue weighted by atomic mass is 35.5. The molecule has 0 spiro atoms. The Labute approximate surface area is 177 Å². The number of likely N-dealkylation sites (N-methyl/N-ethyl adjacent to an activating group) is 1. The summed E-state index contributed by atoms with van der Waals surface area (Å²) >= 11 is 5.99. The highest BCUT2D eigenvalue weighted by Gasteiger charge is 2.27. The van der Waals surface area contributed by atoms with E-state index in [9.17, 15) is 18.4 Å². The largest absolute Gasteiger partial charge is 0.443 e. The summed E-state index contributed by atoms with van der Waals surface area (Å²) in [6, 6.07) is 7.99. The van der Waals surface area contributed by atoms with Crippen molar-refractivity contribution in [2.75, 3.05) is 7.05 Å². The number of hydrogen-bond donors (Lipinski definition) is 0. The van der Waals surface area contributed by atoms with E-state index in [1.807, 2.05) is 0 Å². The van der Waals surface area contributed by atoms with Crippen LogP contribution in [0.25, 0.3) is 16.8 Å². The average molecular weight is 436 g/mol. The predicted octanol–water partition coefficient (Wildman–Crippen LogP) is 4.87. The number of fused-ring (bicyclic) bond motifs is 1. The molecular weight excluding hydrogens is 416 g/mol. The van der Waals surface area contributed by atoms with Crippen molar-refractivity contribution in [2.45, 2.75) is 32.8 Å². The van der Waals surface area contributed by atoms with Gasteiger partial charge < -0.3 is 4.74 Å². The molecule has 0 atom stereocenters. The van der Waals surface area contributed by atoms with Gasteiger partial charge in [0, 0.05) is 29.3 Å². The molecule has 2 aromatic heterocycles. The highest BCUT2D eigenvalue weighted by Crippen LogP contribution is 2.30. The number of rotatable bonds is 3. The van der Waals surface area contributed by atoms with Crippen LogP contribution in [0.4, 0.5) is 13.6 Å². The quantitative estimate of drug-likeness (QED) is 0.551. The second-order valence-electron chi connectivity index (χ2n) is 7.74. The molecule has 1 aromatic carbocycles. The lowest BCUT2D eigenvalue weighted by molar-refractivity contribution is -0.128. The smallest absolute Gasteiger partial charge is 0.416 e. The van der Waals surface area contributed by atoms with E-state index in [4.69, 9.17) is 16.3 Å². The fourth-order valence-electron chi connectivity index (χ4n) is 2.84. The second kappa shape index (κ2) is 8.02. The van der Waals surface area contributed by atoms with Gasteiger partial charge in [-0.05, 0) is 51.1 Å². The fourth-order valence-corrected chi connectivity index (χ4v) is 3.03. The Morgan fingerprint density at radius 1 is 1.17 bits per heavy atom. The van der Waals surface area contributed by atoms with Crippen LogP contribution in [-0.4, -0.2) is 39.2 Å². The second-order valence-corrected chi connectivity index (χ2v) is 8.17. The Kier molecular flexibility index (Phi) is 5.81. The van der Waals surface area contributed by atoms with Gasteiger partial charge in [-0.15, -0.1) is 0 Å². The third-order valence-electron chi connectivity index (χ3n) is 4.24. The van der Waals surface area contributed by atoms with Crippen molar-refractivity contribution in [3.05, 3.63) is 58.7 Å². The predicted molar refractivity (Wildman–Crippen MR) is 108 cm³/mol. The maximum atomic E-state index is 14.4. The van der Waals surface area contributed by atoms with Crippen LogP contribution in [0.3, 0.4) is 0 Å². The molecule has 3 rings (SSSR count). The summed E-state index contributed by atoms with van der Waals surface area (Å²) in [5.74, 6) is -1.75. The van der Waals surface area contributed by atoms with E-state index < -0.39 is 29.4 Å². The maximum Gasteiger partial charge on any atom is 0.416 e. The first-order valence-electron chi connectivity index (χ1n) is 9.08. The molecule has 0 saturated carbocycles. The molecule has 0 aliphatic rings. The van der Waals surface area contributed by atoms with Gasteiger partial charge in [0.15, 0.2) is 0 Å². The van der Waals surface area contributed by atoms with E-state index >= 15 is 0 Å². The lowest BCUT2D eigenvalue weighted by Crippen LogP contribution is -2.38. The lowest BCUT2D eigenvalue weighted by Gasteiger charge is -2.23. The Morgan fingerprint density at radius 2 is 1.80 bits per heavy atom. The zero-order valence-electron chi connectivity index (χ0n) is 16.9. The third kappa shape index (κ3) is 4.59. The molecule has 0 bridgehead atoms. The van der Waals surface area contributed by atoms with Crippen LogP contribution in [0, 0.1) is 11.8 Å². The van der Waals surface area contributed by atoms with E-state index in [0.717, 1.165) is 15.5 Å². The van der Waals surface area contributed by atoms with Crippen molar-refractivity contribution in [1.29, 1.82) is 0 Å². The van der Waals surface area contributed by atoms with Crippen molar-refractivity contribution in [3.8, 4) is 11.3 Å². The minimum absolute atomic E-state index is 0.125. The molecule has 30 heavy (non-hydrogen) atoms. The first-order valence-corrected chi connectivity index (χ1v) is 9.46. The third-order valence-corrected chi connectivity index (χ3v) is 4.46. The minimum Gasteiger partial charge on any atom is -0.443 e. The number of nitrogens with zero attached hydrogens (tertiary/aromatic N) is 3. The van der Waals surface area contributed by atoms with Crippen LogP contribution in [0.2, 0.25) is 5.02 Å². The molecule has 0 unspecified atom stereocenters. The zero-order valence-corrected chi connectivity index (χ0v) is 17.6. The monoisotopic (exact) mass is 435 g/mol. The van der Waals surface area contributed by atoms with Gasteiger partial charge >= 0.3 is 6.09 Å². The van der Waals surface area contributed by atoms with Gasteiger partial charge in [0.25, 0.3) is 0 Å². The van der Waals surface area contributed by atoms with Crippen molar-refractivity contribution < 1.29 is 23.1 Å². The summed E-state index contributed by atoms with van der Waals surface area (Å²) in [5, 5.41) is 4.37. The molecule has 2 amide bonds. The number of ether oxygens (including phenoxy) is 1. The SMILES string of the molecule is CN(C(=O)Cc1c(-c2ccc(F)cc2)nn2c(F)cc(Cl)cc12)C(=O)OC(C)(C)C. The first-order chi connectivity index (χ1) is 14.0. The van der Waals surface area contributed by atoms with Gasteiger partial charge in [-0.2, -0.15) is 9.49 Å². The van der Waals surface area contributed by atoms with E-state index in [1.54, 1.807) is 20.8 Å². The summed E-state index contributed by atoms with van der Waals surface area (Å²) in [7, 11) is 1.30. The number of halogens is 3. The Morgan fingerprint density at radius 3 is 2.40 bits per heavy atom. The number of benzene rings is 1. The number of hydrogen-bond acceptors (Lipinski definition) is 4. The number of carbonyl (C=O) groups is 2. The molecule has 0 saturated heterocycles. The number of aromatic nitrogens is 2. The van der Waals surface area contributed by atoms with Crippen molar-refractivity contribution in [2.24, 2.45) is 0 Å². The average Bonchev–Trinajstić information content (AvgIpc) is 2.99. The van der Waals surface area contributed by atoms with Gasteiger partial charge in [-0.3, -0.25) is 9.69 Å². The van der Waals surface area contributed by atoms with Gasteiger partial charge in [0.1, 0.15) is 11.4 Å². The molecule has 9 heteroatoms. The Hall–Kier alpha value is -3.00. The highest BCUT2D eigenvalue weighted by molar-refractivity contribution is 6.31. The molecule has 0 N–H and O–H groups in total. The minimum atomic E-state index is -0.809. The first kappa shape index (κ1) is 21.7. The zero-order chi connectivity index (χ0) is 22.2. The molecule has 158 valence electrons. The Bertz CT molecular complexity index is 1120. The molecule has 6 nitrogen and oxygen atoms in total. The molecular formula is C21H20ClF2N3O3. The maximum absolute atomic E-state index is 14.4. The summed E-state index contributed by atoms with van der Waals surface area (Å²) in [6.45, 7) is 5.06. The summed E-state index contributed by atoms with van der Waals surface area (Å²) in [5.41, 5.74) is 0.612. The molecule has 2 heterocycles. The molecule has 3 aromatic rings. The van der Waals surface area contributed by atoms with Gasteiger partial charge in [0.2, 0.25) is 11.9 Å². The van der Waals surface area contributed by atoms with E-state index in [1.165, 1.54) is 37.4 Å².